The molecule has 0 bridgehead atoms. The Labute approximate surface area is 151 Å². The summed E-state index contributed by atoms with van der Waals surface area (Å²) in [5, 5.41) is 3.76. The highest BCUT2D eigenvalue weighted by molar-refractivity contribution is 5.82. The van der Waals surface area contributed by atoms with Crippen molar-refractivity contribution in [2.45, 2.75) is 25.7 Å². The van der Waals surface area contributed by atoms with Gasteiger partial charge in [0.05, 0.1) is 18.9 Å². The van der Waals surface area contributed by atoms with Crippen LogP contribution < -0.4 is 10.5 Å². The molecule has 1 aliphatic rings. The molecule has 26 heavy (non-hydrogen) atoms. The molecular formula is C18H22N4O4. The topological polar surface area (TPSA) is 112 Å². The van der Waals surface area contributed by atoms with E-state index in [0.29, 0.717) is 31.1 Å². The molecule has 0 radical (unpaired) electrons. The van der Waals surface area contributed by atoms with E-state index >= 15 is 0 Å². The molecule has 2 N–H and O–H groups in total. The first-order chi connectivity index (χ1) is 12.5. The van der Waals surface area contributed by atoms with E-state index in [2.05, 4.69) is 10.1 Å². The van der Waals surface area contributed by atoms with Crippen LogP contribution in [0.15, 0.2) is 28.8 Å². The Balaban J connectivity index is 1.65. The van der Waals surface area contributed by atoms with Crippen LogP contribution in [-0.2, 0) is 16.0 Å². The highest BCUT2D eigenvalue weighted by Crippen LogP contribution is 2.32. The first kappa shape index (κ1) is 17.9. The van der Waals surface area contributed by atoms with Crippen LogP contribution in [-0.4, -0.2) is 47.1 Å². The van der Waals surface area contributed by atoms with Gasteiger partial charge < -0.3 is 19.9 Å². The molecule has 1 aliphatic heterocycles. The first-order valence-corrected chi connectivity index (χ1v) is 8.48. The third kappa shape index (κ3) is 3.84. The summed E-state index contributed by atoms with van der Waals surface area (Å²) in [6, 6.07) is 7.62. The number of rotatable bonds is 6. The summed E-state index contributed by atoms with van der Waals surface area (Å²) >= 11 is 0. The molecule has 2 amide bonds. The molecule has 1 aromatic heterocycles. The predicted octanol–water partition coefficient (Wildman–Crippen LogP) is 1.05. The van der Waals surface area contributed by atoms with Crippen molar-refractivity contribution in [2.75, 3.05) is 20.2 Å². The molecule has 8 nitrogen and oxygen atoms in total. The van der Waals surface area contributed by atoms with E-state index in [4.69, 9.17) is 15.0 Å². The maximum absolute atomic E-state index is 12.6. The maximum Gasteiger partial charge on any atom is 0.232 e. The zero-order valence-electron chi connectivity index (χ0n) is 14.8. The summed E-state index contributed by atoms with van der Waals surface area (Å²) in [7, 11) is 1.61. The lowest BCUT2D eigenvalue weighted by Crippen LogP contribution is -2.32. The largest absolute Gasteiger partial charge is 0.497 e. The molecule has 1 saturated heterocycles. The second-order valence-corrected chi connectivity index (χ2v) is 6.45. The van der Waals surface area contributed by atoms with Gasteiger partial charge in [-0.1, -0.05) is 17.3 Å². The summed E-state index contributed by atoms with van der Waals surface area (Å²) in [4.78, 5) is 30.2. The lowest BCUT2D eigenvalue weighted by atomic mass is 9.95. The van der Waals surface area contributed by atoms with Gasteiger partial charge in [0.25, 0.3) is 0 Å². The van der Waals surface area contributed by atoms with Crippen molar-refractivity contribution in [3.8, 4) is 5.75 Å². The molecule has 0 unspecified atom stereocenters. The Morgan fingerprint density at radius 1 is 1.38 bits per heavy atom. The van der Waals surface area contributed by atoms with Gasteiger partial charge in [-0.15, -0.1) is 0 Å². The van der Waals surface area contributed by atoms with E-state index in [9.17, 15) is 9.59 Å². The number of hydrogen-bond acceptors (Lipinski definition) is 6. The lowest BCUT2D eigenvalue weighted by molar-refractivity contribution is -0.130. The highest BCUT2D eigenvalue weighted by atomic mass is 16.5. The van der Waals surface area contributed by atoms with Crippen molar-refractivity contribution in [1.82, 2.24) is 15.0 Å². The molecule has 2 aromatic rings. The number of carbonyl (C=O) groups excluding carboxylic acids is 2. The molecule has 0 saturated carbocycles. The number of likely N-dealkylation sites (tertiary alicyclic amines) is 1. The van der Waals surface area contributed by atoms with Crippen molar-refractivity contribution in [1.29, 1.82) is 0 Å². The average molecular weight is 358 g/mol. The Kier molecular flexibility index (Phi) is 5.20. The quantitative estimate of drug-likeness (QED) is 0.826. The zero-order chi connectivity index (χ0) is 18.7. The van der Waals surface area contributed by atoms with Crippen LogP contribution in [0.1, 0.15) is 29.6 Å². The monoisotopic (exact) mass is 358 g/mol. The van der Waals surface area contributed by atoms with E-state index in [0.717, 1.165) is 11.3 Å². The number of amides is 2. The molecule has 138 valence electrons. The molecule has 1 fully saturated rings. The van der Waals surface area contributed by atoms with Crippen molar-refractivity contribution < 1.29 is 18.8 Å². The predicted molar refractivity (Wildman–Crippen MR) is 92.4 cm³/mol. The first-order valence-electron chi connectivity index (χ1n) is 8.48. The second kappa shape index (κ2) is 7.55. The fraction of sp³-hybridized carbons (Fsp3) is 0.444. The fourth-order valence-corrected chi connectivity index (χ4v) is 3.25. The van der Waals surface area contributed by atoms with Crippen molar-refractivity contribution in [3.05, 3.63) is 41.5 Å². The Hall–Kier alpha value is -2.90. The third-order valence-electron chi connectivity index (χ3n) is 4.66. The van der Waals surface area contributed by atoms with Gasteiger partial charge in [0.2, 0.25) is 17.7 Å². The van der Waals surface area contributed by atoms with Gasteiger partial charge in [-0.05, 0) is 31.0 Å². The molecule has 8 heteroatoms. The molecule has 0 aliphatic carbocycles. The number of aryl methyl sites for hydroxylation is 2. The molecule has 1 aromatic carbocycles. The van der Waals surface area contributed by atoms with Crippen LogP contribution in [0.25, 0.3) is 0 Å². The van der Waals surface area contributed by atoms with E-state index < -0.39 is 11.8 Å². The van der Waals surface area contributed by atoms with Crippen LogP contribution >= 0.6 is 0 Å². The lowest BCUT2D eigenvalue weighted by Gasteiger charge is -2.16. The number of primary amides is 1. The molecule has 2 atom stereocenters. The number of carbonyl (C=O) groups is 2. The third-order valence-corrected chi connectivity index (χ3v) is 4.66. The van der Waals surface area contributed by atoms with Crippen molar-refractivity contribution >= 4 is 11.8 Å². The number of ether oxygens (including phenoxy) is 1. The molecule has 0 spiro atoms. The van der Waals surface area contributed by atoms with Gasteiger partial charge in [-0.25, -0.2) is 0 Å². The Morgan fingerprint density at radius 3 is 2.85 bits per heavy atom. The normalized spacial score (nSPS) is 19.5. The smallest absolute Gasteiger partial charge is 0.232 e. The Morgan fingerprint density at radius 2 is 2.19 bits per heavy atom. The minimum atomic E-state index is -0.518. The van der Waals surface area contributed by atoms with Gasteiger partial charge in [0.15, 0.2) is 5.82 Å². The molecule has 3 rings (SSSR count). The van der Waals surface area contributed by atoms with Crippen molar-refractivity contribution in [2.24, 2.45) is 11.7 Å². The average Bonchev–Trinajstić information content (AvgIpc) is 3.26. The van der Waals surface area contributed by atoms with Gasteiger partial charge >= 0.3 is 0 Å². The van der Waals surface area contributed by atoms with Gasteiger partial charge in [-0.2, -0.15) is 4.98 Å². The summed E-state index contributed by atoms with van der Waals surface area (Å²) in [5.74, 6) is 0.244. The SMILES string of the molecule is COc1cccc(CCC(=O)N2C[C@@H](C(N)=O)[C@H](c3nc(C)no3)C2)c1. The van der Waals surface area contributed by atoms with Crippen LogP contribution in [0.5, 0.6) is 5.75 Å². The van der Waals surface area contributed by atoms with Crippen LogP contribution in [0.2, 0.25) is 0 Å². The number of hydrogen-bond donors (Lipinski definition) is 1. The molecule has 2 heterocycles. The van der Waals surface area contributed by atoms with Gasteiger partial charge in [-0.3, -0.25) is 9.59 Å². The number of nitrogens with zero attached hydrogens (tertiary/aromatic N) is 3. The summed E-state index contributed by atoms with van der Waals surface area (Å²) < 4.78 is 10.4. The minimum absolute atomic E-state index is 0.0298. The number of benzene rings is 1. The molecular weight excluding hydrogens is 336 g/mol. The maximum atomic E-state index is 12.6. The highest BCUT2D eigenvalue weighted by Gasteiger charge is 2.42. The van der Waals surface area contributed by atoms with E-state index in [1.807, 2.05) is 24.3 Å². The second-order valence-electron chi connectivity index (χ2n) is 6.45. The van der Waals surface area contributed by atoms with Crippen LogP contribution in [0, 0.1) is 12.8 Å². The zero-order valence-corrected chi connectivity index (χ0v) is 14.8. The minimum Gasteiger partial charge on any atom is -0.497 e. The van der Waals surface area contributed by atoms with Crippen LogP contribution in [0.4, 0.5) is 0 Å². The van der Waals surface area contributed by atoms with E-state index in [1.165, 1.54) is 0 Å². The number of aromatic nitrogens is 2. The Bertz CT molecular complexity index is 804. The van der Waals surface area contributed by atoms with E-state index in [1.54, 1.807) is 18.9 Å². The summed E-state index contributed by atoms with van der Waals surface area (Å²) in [6.07, 6.45) is 0.937. The van der Waals surface area contributed by atoms with Gasteiger partial charge in [0.1, 0.15) is 5.75 Å². The fourth-order valence-electron chi connectivity index (χ4n) is 3.25. The summed E-state index contributed by atoms with van der Waals surface area (Å²) in [5.41, 5.74) is 6.53. The number of nitrogens with two attached hydrogens (primary N) is 1. The summed E-state index contributed by atoms with van der Waals surface area (Å²) in [6.45, 7) is 2.34. The standard InChI is InChI=1S/C18H22N4O4/c1-11-20-18(26-21-11)15-10-22(9-14(15)17(19)24)16(23)7-6-12-4-3-5-13(8-12)25-2/h3-5,8,14-15H,6-7,9-10H2,1-2H3,(H2,19,24)/t14-,15-/m1/s1. The van der Waals surface area contributed by atoms with Crippen LogP contribution in [0.3, 0.4) is 0 Å². The van der Waals surface area contributed by atoms with E-state index in [-0.39, 0.29) is 18.4 Å². The van der Waals surface area contributed by atoms with Gasteiger partial charge in [0, 0.05) is 19.5 Å². The number of methoxy groups -OCH3 is 1. The van der Waals surface area contributed by atoms with Crippen molar-refractivity contribution in [3.63, 3.8) is 0 Å².